The highest BCUT2D eigenvalue weighted by molar-refractivity contribution is 5.65. The number of nitriles is 1. The molecule has 0 radical (unpaired) electrons. The summed E-state index contributed by atoms with van der Waals surface area (Å²) in [5.41, 5.74) is 2.94. The maximum atomic E-state index is 8.90. The molecular weight excluding hydrogens is 350 g/mol. The summed E-state index contributed by atoms with van der Waals surface area (Å²) in [6.07, 6.45) is 2.90. The van der Waals surface area contributed by atoms with Gasteiger partial charge in [0.2, 0.25) is 5.95 Å². The van der Waals surface area contributed by atoms with Gasteiger partial charge in [-0.25, -0.2) is 4.98 Å². The number of benzene rings is 2. The molecule has 3 N–H and O–H groups in total. The van der Waals surface area contributed by atoms with Crippen LogP contribution in [0.2, 0.25) is 0 Å². The highest BCUT2D eigenvalue weighted by Crippen LogP contribution is 2.21. The van der Waals surface area contributed by atoms with E-state index in [-0.39, 0.29) is 6.61 Å². The van der Waals surface area contributed by atoms with Gasteiger partial charge in [-0.2, -0.15) is 10.2 Å². The lowest BCUT2D eigenvalue weighted by Gasteiger charge is -2.10. The fraction of sp³-hybridized carbons (Fsp3) is 0.136. The number of aliphatic hydroxyl groups is 1. The molecule has 0 aliphatic heterocycles. The third-order valence-corrected chi connectivity index (χ3v) is 3.78. The lowest BCUT2D eigenvalue weighted by molar-refractivity contribution is 0.290. The number of rotatable bonds is 6. The normalized spacial score (nSPS) is 9.71. The van der Waals surface area contributed by atoms with Gasteiger partial charge in [0.05, 0.1) is 23.4 Å². The van der Waals surface area contributed by atoms with Gasteiger partial charge in [0, 0.05) is 24.4 Å². The zero-order chi connectivity index (χ0) is 19.6. The van der Waals surface area contributed by atoms with E-state index in [1.54, 1.807) is 30.5 Å². The van der Waals surface area contributed by atoms with Crippen LogP contribution >= 0.6 is 0 Å². The molecule has 0 spiro atoms. The molecule has 3 rings (SSSR count). The van der Waals surface area contributed by atoms with Gasteiger partial charge in [-0.3, -0.25) is 0 Å². The van der Waals surface area contributed by atoms with Crippen molar-refractivity contribution in [3.05, 3.63) is 71.9 Å². The number of para-hydroxylation sites is 1. The molecule has 0 amide bonds. The summed E-state index contributed by atoms with van der Waals surface area (Å²) in [5.74, 6) is 7.10. The molecule has 0 bridgehead atoms. The average Bonchev–Trinajstić information content (AvgIpc) is 2.74. The van der Waals surface area contributed by atoms with Gasteiger partial charge in [-0.15, -0.1) is 0 Å². The topological polar surface area (TPSA) is 93.9 Å². The number of nitrogens with one attached hydrogen (secondary N) is 2. The van der Waals surface area contributed by atoms with Crippen molar-refractivity contribution in [2.45, 2.75) is 12.8 Å². The number of nitrogens with zero attached hydrogens (tertiary/aromatic N) is 3. The van der Waals surface area contributed by atoms with Crippen LogP contribution in [0.25, 0.3) is 0 Å². The second-order valence-electron chi connectivity index (χ2n) is 5.89. The molecule has 0 aliphatic carbocycles. The van der Waals surface area contributed by atoms with Crippen LogP contribution in [-0.4, -0.2) is 21.7 Å². The van der Waals surface area contributed by atoms with Crippen LogP contribution in [0.1, 0.15) is 24.0 Å². The van der Waals surface area contributed by atoms with Gasteiger partial charge in [-0.05, 0) is 42.8 Å². The molecule has 0 aliphatic rings. The molecule has 0 saturated heterocycles. The zero-order valence-corrected chi connectivity index (χ0v) is 15.2. The Morgan fingerprint density at radius 1 is 0.964 bits per heavy atom. The Bertz CT molecular complexity index is 1010. The van der Waals surface area contributed by atoms with Crippen molar-refractivity contribution in [1.29, 1.82) is 5.26 Å². The fourth-order valence-corrected chi connectivity index (χ4v) is 2.37. The van der Waals surface area contributed by atoms with Crippen LogP contribution in [0.3, 0.4) is 0 Å². The Morgan fingerprint density at radius 3 is 2.43 bits per heavy atom. The third-order valence-electron chi connectivity index (χ3n) is 3.78. The number of aliphatic hydroxyl groups excluding tert-OH is 1. The van der Waals surface area contributed by atoms with E-state index in [0.717, 1.165) is 11.4 Å². The van der Waals surface area contributed by atoms with Crippen molar-refractivity contribution in [2.75, 3.05) is 17.2 Å². The Hall–Kier alpha value is -3.87. The summed E-state index contributed by atoms with van der Waals surface area (Å²) < 4.78 is 0. The van der Waals surface area contributed by atoms with Gasteiger partial charge < -0.3 is 15.7 Å². The van der Waals surface area contributed by atoms with E-state index in [9.17, 15) is 0 Å². The molecular formula is C22H19N5O. The van der Waals surface area contributed by atoms with E-state index < -0.39 is 0 Å². The summed E-state index contributed by atoms with van der Waals surface area (Å²) in [4.78, 5) is 8.89. The van der Waals surface area contributed by atoms with E-state index in [1.165, 1.54) is 0 Å². The molecule has 0 unspecified atom stereocenters. The SMILES string of the molecule is N#Cc1ccc(Nc2ncc(C#CCCCO)c(Nc3ccccc3)n2)cc1. The van der Waals surface area contributed by atoms with Gasteiger partial charge in [0.15, 0.2) is 5.82 Å². The highest BCUT2D eigenvalue weighted by Gasteiger charge is 2.07. The monoisotopic (exact) mass is 369 g/mol. The van der Waals surface area contributed by atoms with E-state index >= 15 is 0 Å². The number of anilines is 4. The van der Waals surface area contributed by atoms with Gasteiger partial charge in [0.25, 0.3) is 0 Å². The van der Waals surface area contributed by atoms with Crippen LogP contribution in [0.5, 0.6) is 0 Å². The van der Waals surface area contributed by atoms with E-state index in [1.807, 2.05) is 30.3 Å². The van der Waals surface area contributed by atoms with Crippen molar-refractivity contribution in [1.82, 2.24) is 9.97 Å². The Morgan fingerprint density at radius 2 is 1.71 bits per heavy atom. The Kier molecular flexibility index (Phi) is 6.57. The first-order valence-corrected chi connectivity index (χ1v) is 8.84. The van der Waals surface area contributed by atoms with Crippen molar-refractivity contribution in [3.8, 4) is 17.9 Å². The van der Waals surface area contributed by atoms with Gasteiger partial charge >= 0.3 is 0 Å². The molecule has 0 saturated carbocycles. The maximum Gasteiger partial charge on any atom is 0.229 e. The predicted octanol–water partition coefficient (Wildman–Crippen LogP) is 3.96. The molecule has 2 aromatic carbocycles. The summed E-state index contributed by atoms with van der Waals surface area (Å²) in [6.45, 7) is 0.119. The summed E-state index contributed by atoms with van der Waals surface area (Å²) in [7, 11) is 0. The van der Waals surface area contributed by atoms with Crippen LogP contribution in [-0.2, 0) is 0 Å². The largest absolute Gasteiger partial charge is 0.396 e. The number of unbranched alkanes of at least 4 members (excludes halogenated alkanes) is 1. The predicted molar refractivity (Wildman–Crippen MR) is 109 cm³/mol. The number of aromatic nitrogens is 2. The minimum absolute atomic E-state index is 0.119. The van der Waals surface area contributed by atoms with Crippen LogP contribution in [0.4, 0.5) is 23.1 Å². The zero-order valence-electron chi connectivity index (χ0n) is 15.2. The smallest absolute Gasteiger partial charge is 0.229 e. The minimum atomic E-state index is 0.119. The quantitative estimate of drug-likeness (QED) is 0.450. The Balaban J connectivity index is 1.86. The lowest BCUT2D eigenvalue weighted by Crippen LogP contribution is -2.03. The summed E-state index contributed by atoms with van der Waals surface area (Å²) in [6, 6.07) is 18.9. The van der Waals surface area contributed by atoms with Crippen molar-refractivity contribution in [2.24, 2.45) is 0 Å². The molecule has 6 heteroatoms. The molecule has 0 fully saturated rings. The molecule has 138 valence electrons. The van der Waals surface area contributed by atoms with Crippen molar-refractivity contribution in [3.63, 3.8) is 0 Å². The standard InChI is InChI=1S/C22H19N5O/c23-15-17-10-12-20(13-11-17)26-22-24-16-18(7-3-2-6-14-28)21(27-22)25-19-8-4-1-5-9-19/h1,4-5,8-13,16,28H,2,6,14H2,(H2,24,25,26,27). The van der Waals surface area contributed by atoms with Gasteiger partial charge in [-0.1, -0.05) is 30.0 Å². The van der Waals surface area contributed by atoms with E-state index in [2.05, 4.69) is 38.5 Å². The van der Waals surface area contributed by atoms with E-state index in [4.69, 9.17) is 10.4 Å². The highest BCUT2D eigenvalue weighted by atomic mass is 16.2. The summed E-state index contributed by atoms with van der Waals surface area (Å²) >= 11 is 0. The first-order chi connectivity index (χ1) is 13.8. The first-order valence-electron chi connectivity index (χ1n) is 8.84. The van der Waals surface area contributed by atoms with Crippen LogP contribution in [0, 0.1) is 23.2 Å². The average molecular weight is 369 g/mol. The molecule has 28 heavy (non-hydrogen) atoms. The number of hydrogen-bond donors (Lipinski definition) is 3. The third kappa shape index (κ3) is 5.31. The molecule has 0 atom stereocenters. The van der Waals surface area contributed by atoms with Crippen LogP contribution < -0.4 is 10.6 Å². The summed E-state index contributed by atoms with van der Waals surface area (Å²) in [5, 5.41) is 24.2. The maximum absolute atomic E-state index is 8.90. The molecule has 1 aromatic heterocycles. The molecule has 6 nitrogen and oxygen atoms in total. The second-order valence-corrected chi connectivity index (χ2v) is 5.89. The first kappa shape index (κ1) is 18.9. The van der Waals surface area contributed by atoms with Crippen molar-refractivity contribution < 1.29 is 5.11 Å². The van der Waals surface area contributed by atoms with Crippen molar-refractivity contribution >= 4 is 23.1 Å². The molecule has 3 aromatic rings. The van der Waals surface area contributed by atoms with Crippen LogP contribution in [0.15, 0.2) is 60.8 Å². The van der Waals surface area contributed by atoms with Gasteiger partial charge in [0.1, 0.15) is 0 Å². The lowest BCUT2D eigenvalue weighted by atomic mass is 10.2. The second kappa shape index (κ2) is 9.72. The Labute approximate surface area is 163 Å². The van der Waals surface area contributed by atoms with E-state index in [0.29, 0.717) is 35.7 Å². The fourth-order valence-electron chi connectivity index (χ4n) is 2.37. The number of hydrogen-bond acceptors (Lipinski definition) is 6. The minimum Gasteiger partial charge on any atom is -0.396 e. The molecule has 1 heterocycles.